The molecule has 8 heteroatoms. The summed E-state index contributed by atoms with van der Waals surface area (Å²) < 4.78 is 20.2. The number of rotatable bonds is 6. The summed E-state index contributed by atoms with van der Waals surface area (Å²) in [5.41, 5.74) is 2.51. The van der Waals surface area contributed by atoms with Crippen molar-refractivity contribution in [3.8, 4) is 5.75 Å². The molecule has 1 atom stereocenters. The zero-order valence-electron chi connectivity index (χ0n) is 19.7. The minimum atomic E-state index is -0.969. The van der Waals surface area contributed by atoms with E-state index in [1.54, 1.807) is 24.3 Å². The van der Waals surface area contributed by atoms with Crippen molar-refractivity contribution in [1.29, 1.82) is 0 Å². The van der Waals surface area contributed by atoms with Gasteiger partial charge in [-0.3, -0.25) is 14.5 Å². The number of halogens is 1. The second-order valence-electron chi connectivity index (χ2n) is 8.56. The van der Waals surface area contributed by atoms with Gasteiger partial charge in [0.1, 0.15) is 17.3 Å². The van der Waals surface area contributed by atoms with E-state index >= 15 is 0 Å². The smallest absolute Gasteiger partial charge is 0.301 e. The number of amides is 1. The third kappa shape index (κ3) is 4.24. The molecule has 6 nitrogen and oxygen atoms in total. The summed E-state index contributed by atoms with van der Waals surface area (Å²) >= 11 is 1.28. The molecule has 1 N–H and O–H groups in total. The van der Waals surface area contributed by atoms with E-state index in [0.29, 0.717) is 34.1 Å². The van der Waals surface area contributed by atoms with E-state index in [1.807, 2.05) is 32.0 Å². The number of ketones is 1. The van der Waals surface area contributed by atoms with Crippen LogP contribution in [0.3, 0.4) is 0 Å². The van der Waals surface area contributed by atoms with Crippen molar-refractivity contribution in [2.24, 2.45) is 0 Å². The van der Waals surface area contributed by atoms with Crippen molar-refractivity contribution in [1.82, 2.24) is 4.98 Å². The molecule has 1 amide bonds. The Labute approximate surface area is 211 Å². The van der Waals surface area contributed by atoms with Gasteiger partial charge in [-0.15, -0.1) is 0 Å². The van der Waals surface area contributed by atoms with Crippen LogP contribution >= 0.6 is 11.3 Å². The van der Waals surface area contributed by atoms with Gasteiger partial charge in [0.25, 0.3) is 5.78 Å². The van der Waals surface area contributed by atoms with Crippen LogP contribution in [-0.2, 0) is 9.59 Å². The summed E-state index contributed by atoms with van der Waals surface area (Å²) in [6.07, 6.45) is 0.855. The zero-order valence-corrected chi connectivity index (χ0v) is 20.5. The third-order valence-corrected chi connectivity index (χ3v) is 6.99. The summed E-state index contributed by atoms with van der Waals surface area (Å²) in [5.74, 6) is -1.76. The highest BCUT2D eigenvalue weighted by atomic mass is 32.1. The number of aliphatic hydroxyl groups excluding tert-OH is 1. The van der Waals surface area contributed by atoms with Gasteiger partial charge in [-0.2, -0.15) is 0 Å². The second-order valence-corrected chi connectivity index (χ2v) is 9.57. The molecule has 0 saturated carbocycles. The van der Waals surface area contributed by atoms with E-state index < -0.39 is 23.5 Å². The summed E-state index contributed by atoms with van der Waals surface area (Å²) in [6.45, 7) is 4.52. The maximum absolute atomic E-state index is 13.7. The lowest BCUT2D eigenvalue weighted by molar-refractivity contribution is -0.132. The van der Waals surface area contributed by atoms with Crippen LogP contribution in [0.4, 0.5) is 9.52 Å². The number of nitrogens with zero attached hydrogens (tertiary/aromatic N) is 2. The molecule has 0 spiro atoms. The summed E-state index contributed by atoms with van der Waals surface area (Å²) in [6, 6.07) is 17.0. The highest BCUT2D eigenvalue weighted by Gasteiger charge is 2.48. The van der Waals surface area contributed by atoms with Crippen molar-refractivity contribution < 1.29 is 23.8 Å². The van der Waals surface area contributed by atoms with Crippen LogP contribution in [0.15, 0.2) is 72.3 Å². The SMILES string of the molecule is CCCOc1ccc(/C(O)=C2\C(=O)C(=O)N(c3nc4ccc(C)cc4s3)C2c2ccc(F)cc2)cc1. The number of anilines is 1. The number of Topliss-reactive ketones (excluding diaryl/α,β-unsaturated/α-hetero) is 1. The molecule has 0 aliphatic carbocycles. The first-order valence-electron chi connectivity index (χ1n) is 11.5. The van der Waals surface area contributed by atoms with Crippen molar-refractivity contribution >= 4 is 44.1 Å². The Hall–Kier alpha value is -4.04. The Morgan fingerprint density at radius 2 is 1.81 bits per heavy atom. The fourth-order valence-electron chi connectivity index (χ4n) is 4.20. The van der Waals surface area contributed by atoms with E-state index in [2.05, 4.69) is 4.98 Å². The molecular formula is C28H23FN2O4S. The van der Waals surface area contributed by atoms with Crippen molar-refractivity contribution in [3.05, 3.63) is 94.8 Å². The molecule has 182 valence electrons. The number of hydrogen-bond acceptors (Lipinski definition) is 6. The first-order chi connectivity index (χ1) is 17.4. The van der Waals surface area contributed by atoms with E-state index in [9.17, 15) is 19.1 Å². The number of aromatic nitrogens is 1. The van der Waals surface area contributed by atoms with E-state index in [-0.39, 0.29) is 11.3 Å². The van der Waals surface area contributed by atoms with Crippen molar-refractivity contribution in [2.75, 3.05) is 11.5 Å². The average molecular weight is 503 g/mol. The van der Waals surface area contributed by atoms with Gasteiger partial charge in [0.2, 0.25) is 0 Å². The number of aryl methyl sites for hydroxylation is 1. The molecule has 1 aliphatic heterocycles. The van der Waals surface area contributed by atoms with Gasteiger partial charge in [-0.05, 0) is 73.0 Å². The largest absolute Gasteiger partial charge is 0.507 e. The molecule has 1 fully saturated rings. The number of carbonyl (C=O) groups excluding carboxylic acids is 2. The molecule has 4 aromatic rings. The number of hydrogen-bond donors (Lipinski definition) is 1. The van der Waals surface area contributed by atoms with E-state index in [4.69, 9.17) is 4.74 Å². The molecule has 5 rings (SSSR count). The van der Waals surface area contributed by atoms with Crippen molar-refractivity contribution in [2.45, 2.75) is 26.3 Å². The first-order valence-corrected chi connectivity index (χ1v) is 12.4. The Bertz CT molecular complexity index is 1490. The fraction of sp³-hybridized carbons (Fsp3) is 0.179. The standard InChI is InChI=1S/C28H23FN2O4S/c1-3-14-35-20-11-7-18(8-12-20)25(32)23-24(17-5-9-19(29)10-6-17)31(27(34)26(23)33)28-30-21-13-4-16(2)15-22(21)36-28/h4-13,15,24,32H,3,14H2,1-2H3/b25-23+. The second kappa shape index (κ2) is 9.54. The van der Waals surface area contributed by atoms with Gasteiger partial charge in [-0.25, -0.2) is 9.37 Å². The van der Waals surface area contributed by atoms with Crippen LogP contribution in [0, 0.1) is 12.7 Å². The number of fused-ring (bicyclic) bond motifs is 1. The third-order valence-electron chi connectivity index (χ3n) is 5.97. The lowest BCUT2D eigenvalue weighted by Crippen LogP contribution is -2.29. The molecule has 0 radical (unpaired) electrons. The number of ether oxygens (including phenoxy) is 1. The molecule has 1 unspecified atom stereocenters. The molecular weight excluding hydrogens is 479 g/mol. The molecule has 0 bridgehead atoms. The van der Waals surface area contributed by atoms with Gasteiger partial charge in [-0.1, -0.05) is 36.5 Å². The Morgan fingerprint density at radius 3 is 2.50 bits per heavy atom. The number of benzene rings is 3. The van der Waals surface area contributed by atoms with Crippen LogP contribution in [0.5, 0.6) is 5.75 Å². The average Bonchev–Trinajstić information content (AvgIpc) is 3.40. The zero-order chi connectivity index (χ0) is 25.4. The number of carbonyl (C=O) groups is 2. The van der Waals surface area contributed by atoms with Crippen molar-refractivity contribution in [3.63, 3.8) is 0 Å². The molecule has 36 heavy (non-hydrogen) atoms. The maximum Gasteiger partial charge on any atom is 0.301 e. The lowest BCUT2D eigenvalue weighted by atomic mass is 9.95. The molecule has 1 aromatic heterocycles. The van der Waals surface area contributed by atoms with Gasteiger partial charge in [0, 0.05) is 5.56 Å². The van der Waals surface area contributed by atoms with Crippen LogP contribution < -0.4 is 9.64 Å². The minimum absolute atomic E-state index is 0.0794. The Morgan fingerprint density at radius 1 is 1.08 bits per heavy atom. The monoisotopic (exact) mass is 502 g/mol. The lowest BCUT2D eigenvalue weighted by Gasteiger charge is -2.23. The summed E-state index contributed by atoms with van der Waals surface area (Å²) in [4.78, 5) is 32.5. The molecule has 1 saturated heterocycles. The fourth-order valence-corrected chi connectivity index (χ4v) is 5.29. The summed E-state index contributed by atoms with van der Waals surface area (Å²) in [5, 5.41) is 11.6. The molecule has 3 aromatic carbocycles. The van der Waals surface area contributed by atoms with Crippen LogP contribution in [0.2, 0.25) is 0 Å². The quantitative estimate of drug-likeness (QED) is 0.194. The topological polar surface area (TPSA) is 79.7 Å². The highest BCUT2D eigenvalue weighted by Crippen LogP contribution is 2.44. The highest BCUT2D eigenvalue weighted by molar-refractivity contribution is 7.22. The summed E-state index contributed by atoms with van der Waals surface area (Å²) in [7, 11) is 0. The predicted octanol–water partition coefficient (Wildman–Crippen LogP) is 6.16. The molecule has 1 aliphatic rings. The van der Waals surface area contributed by atoms with E-state index in [1.165, 1.54) is 40.5 Å². The first kappa shape index (κ1) is 23.7. The minimum Gasteiger partial charge on any atom is -0.507 e. The van der Waals surface area contributed by atoms with Gasteiger partial charge < -0.3 is 9.84 Å². The predicted molar refractivity (Wildman–Crippen MR) is 138 cm³/mol. The number of thiazole rings is 1. The Balaban J connectivity index is 1.65. The molecule has 2 heterocycles. The van der Waals surface area contributed by atoms with Crippen LogP contribution in [0.1, 0.15) is 36.1 Å². The number of aliphatic hydroxyl groups is 1. The van der Waals surface area contributed by atoms with E-state index in [0.717, 1.165) is 16.7 Å². The van der Waals surface area contributed by atoms with Crippen LogP contribution in [0.25, 0.3) is 16.0 Å². The Kier molecular flexibility index (Phi) is 6.28. The van der Waals surface area contributed by atoms with Gasteiger partial charge >= 0.3 is 5.91 Å². The van der Waals surface area contributed by atoms with Gasteiger partial charge in [0.15, 0.2) is 5.13 Å². The maximum atomic E-state index is 13.7. The normalized spacial score (nSPS) is 17.2. The van der Waals surface area contributed by atoms with Crippen LogP contribution in [-0.4, -0.2) is 28.4 Å². The van der Waals surface area contributed by atoms with Gasteiger partial charge in [0.05, 0.1) is 28.4 Å².